The van der Waals surface area contributed by atoms with Crippen LogP contribution in [0.1, 0.15) is 29.8 Å². The normalized spacial score (nSPS) is 13.7. The third kappa shape index (κ3) is 3.32. The molecule has 1 atom stereocenters. The summed E-state index contributed by atoms with van der Waals surface area (Å²) in [4.78, 5) is 12.0. The molecule has 0 amide bonds. The molecule has 0 aliphatic rings. The van der Waals surface area contributed by atoms with E-state index in [4.69, 9.17) is 4.74 Å². The molecule has 100 valence electrons. The third-order valence-corrected chi connectivity index (χ3v) is 2.61. The Labute approximate surface area is 104 Å². The maximum absolute atomic E-state index is 12.4. The van der Waals surface area contributed by atoms with Gasteiger partial charge in [0.1, 0.15) is 6.10 Å². The molecule has 0 aliphatic heterocycles. The topological polar surface area (TPSA) is 26.3 Å². The van der Waals surface area contributed by atoms with Gasteiger partial charge in [-0.2, -0.15) is 13.2 Å². The van der Waals surface area contributed by atoms with Gasteiger partial charge in [-0.15, -0.1) is 0 Å². The molecule has 18 heavy (non-hydrogen) atoms. The molecule has 0 aliphatic carbocycles. The van der Waals surface area contributed by atoms with Crippen LogP contribution in [0, 0.1) is 5.92 Å². The number of hydrogen-bond donors (Lipinski definition) is 0. The summed E-state index contributed by atoms with van der Waals surface area (Å²) in [5.74, 6) is -0.342. The molecule has 0 saturated carbocycles. The lowest BCUT2D eigenvalue weighted by Crippen LogP contribution is -2.28. The molecule has 1 aromatic carbocycles. The van der Waals surface area contributed by atoms with Gasteiger partial charge in [0.2, 0.25) is 0 Å². The highest BCUT2D eigenvalue weighted by molar-refractivity contribution is 5.99. The Morgan fingerprint density at radius 2 is 1.67 bits per heavy atom. The lowest BCUT2D eigenvalue weighted by atomic mass is 9.97. The summed E-state index contributed by atoms with van der Waals surface area (Å²) < 4.78 is 42.1. The van der Waals surface area contributed by atoms with Crippen molar-refractivity contribution in [1.82, 2.24) is 0 Å². The maximum Gasteiger partial charge on any atom is 0.416 e. The van der Waals surface area contributed by atoms with Gasteiger partial charge in [0.15, 0.2) is 5.78 Å². The first kappa shape index (κ1) is 14.7. The van der Waals surface area contributed by atoms with Crippen molar-refractivity contribution >= 4 is 5.78 Å². The van der Waals surface area contributed by atoms with E-state index >= 15 is 0 Å². The zero-order chi connectivity index (χ0) is 13.9. The van der Waals surface area contributed by atoms with E-state index in [1.165, 1.54) is 19.2 Å². The second kappa shape index (κ2) is 5.52. The van der Waals surface area contributed by atoms with Crippen molar-refractivity contribution in [3.05, 3.63) is 35.4 Å². The molecule has 1 aromatic rings. The van der Waals surface area contributed by atoms with Crippen molar-refractivity contribution in [3.8, 4) is 0 Å². The van der Waals surface area contributed by atoms with Gasteiger partial charge in [-0.05, 0) is 18.1 Å². The van der Waals surface area contributed by atoms with Gasteiger partial charge in [0.05, 0.1) is 5.56 Å². The zero-order valence-electron chi connectivity index (χ0n) is 10.4. The molecule has 0 aromatic heterocycles. The van der Waals surface area contributed by atoms with Crippen molar-refractivity contribution in [2.75, 3.05) is 7.11 Å². The Morgan fingerprint density at radius 3 is 2.00 bits per heavy atom. The number of benzene rings is 1. The summed E-state index contributed by atoms with van der Waals surface area (Å²) in [6.45, 7) is 3.63. The standard InChI is InChI=1S/C13H15F3O2/c1-8(2)12(18-3)11(17)9-4-6-10(7-5-9)13(14,15)16/h4-8,12H,1-3H3. The fourth-order valence-electron chi connectivity index (χ4n) is 1.67. The van der Waals surface area contributed by atoms with Gasteiger partial charge < -0.3 is 4.74 Å². The molecule has 0 heterocycles. The van der Waals surface area contributed by atoms with Crippen molar-refractivity contribution in [2.24, 2.45) is 5.92 Å². The van der Waals surface area contributed by atoms with E-state index in [0.29, 0.717) is 0 Å². The van der Waals surface area contributed by atoms with Gasteiger partial charge in [-0.25, -0.2) is 0 Å². The molecule has 0 radical (unpaired) electrons. The van der Waals surface area contributed by atoms with E-state index in [9.17, 15) is 18.0 Å². The van der Waals surface area contributed by atoms with Crippen LogP contribution in [0.25, 0.3) is 0 Å². The zero-order valence-corrected chi connectivity index (χ0v) is 10.4. The highest BCUT2D eigenvalue weighted by Gasteiger charge is 2.31. The van der Waals surface area contributed by atoms with Crippen LogP contribution in [0.5, 0.6) is 0 Å². The maximum atomic E-state index is 12.4. The number of hydrogen-bond acceptors (Lipinski definition) is 2. The predicted molar refractivity (Wildman–Crippen MR) is 61.4 cm³/mol. The minimum absolute atomic E-state index is 0.0372. The monoisotopic (exact) mass is 260 g/mol. The van der Waals surface area contributed by atoms with Crippen LogP contribution < -0.4 is 0 Å². The number of carbonyl (C=O) groups is 1. The highest BCUT2D eigenvalue weighted by atomic mass is 19.4. The van der Waals surface area contributed by atoms with Gasteiger partial charge in [-0.3, -0.25) is 4.79 Å². The predicted octanol–water partition coefficient (Wildman–Crippen LogP) is 3.56. The first-order chi connectivity index (χ1) is 8.27. The van der Waals surface area contributed by atoms with Crippen molar-refractivity contribution in [2.45, 2.75) is 26.1 Å². The third-order valence-electron chi connectivity index (χ3n) is 2.61. The van der Waals surface area contributed by atoms with Gasteiger partial charge in [0.25, 0.3) is 0 Å². The van der Waals surface area contributed by atoms with E-state index in [2.05, 4.69) is 0 Å². The lowest BCUT2D eigenvalue weighted by molar-refractivity contribution is -0.137. The summed E-state index contributed by atoms with van der Waals surface area (Å²) in [6, 6.07) is 4.17. The van der Waals surface area contributed by atoms with Crippen molar-refractivity contribution in [1.29, 1.82) is 0 Å². The van der Waals surface area contributed by atoms with E-state index in [1.54, 1.807) is 0 Å². The Morgan fingerprint density at radius 1 is 1.17 bits per heavy atom. The number of carbonyl (C=O) groups excluding carboxylic acids is 1. The molecule has 0 spiro atoms. The number of halogens is 3. The van der Waals surface area contributed by atoms with Crippen LogP contribution in [-0.2, 0) is 10.9 Å². The molecular weight excluding hydrogens is 245 g/mol. The first-order valence-corrected chi connectivity index (χ1v) is 5.51. The molecule has 0 saturated heterocycles. The second-order valence-corrected chi connectivity index (χ2v) is 4.34. The number of rotatable bonds is 4. The van der Waals surface area contributed by atoms with Crippen LogP contribution in [0.3, 0.4) is 0 Å². The van der Waals surface area contributed by atoms with Crippen LogP contribution >= 0.6 is 0 Å². The summed E-state index contributed by atoms with van der Waals surface area (Å²) >= 11 is 0. The van der Waals surface area contributed by atoms with Gasteiger partial charge in [-0.1, -0.05) is 26.0 Å². The molecule has 0 bridgehead atoms. The Kier molecular flexibility index (Phi) is 4.51. The minimum Gasteiger partial charge on any atom is -0.373 e. The number of ketones is 1. The first-order valence-electron chi connectivity index (χ1n) is 5.51. The Balaban J connectivity index is 2.95. The fraction of sp³-hybridized carbons (Fsp3) is 0.462. The number of methoxy groups -OCH3 is 1. The number of alkyl halides is 3. The fourth-order valence-corrected chi connectivity index (χ4v) is 1.67. The minimum atomic E-state index is -4.39. The summed E-state index contributed by atoms with van der Waals surface area (Å²) in [6.07, 6.45) is -5.03. The second-order valence-electron chi connectivity index (χ2n) is 4.34. The van der Waals surface area contributed by atoms with Crippen LogP contribution in [0.4, 0.5) is 13.2 Å². The summed E-state index contributed by atoms with van der Waals surface area (Å²) in [5, 5.41) is 0. The van der Waals surface area contributed by atoms with Crippen molar-refractivity contribution in [3.63, 3.8) is 0 Å². The molecule has 0 N–H and O–H groups in total. The van der Waals surface area contributed by atoms with Crippen molar-refractivity contribution < 1.29 is 22.7 Å². The Bertz CT molecular complexity index is 407. The van der Waals surface area contributed by atoms with E-state index in [-0.39, 0.29) is 17.3 Å². The van der Waals surface area contributed by atoms with E-state index in [1.807, 2.05) is 13.8 Å². The number of Topliss-reactive ketones (excluding diaryl/α,β-unsaturated/α-hetero) is 1. The smallest absolute Gasteiger partial charge is 0.373 e. The summed E-state index contributed by atoms with van der Waals surface area (Å²) in [5.41, 5.74) is -0.541. The molecule has 5 heteroatoms. The lowest BCUT2D eigenvalue weighted by Gasteiger charge is -2.18. The average molecular weight is 260 g/mol. The molecular formula is C13H15F3O2. The van der Waals surface area contributed by atoms with Crippen LogP contribution in [0.15, 0.2) is 24.3 Å². The van der Waals surface area contributed by atoms with Crippen LogP contribution in [-0.4, -0.2) is 19.0 Å². The number of ether oxygens (including phenoxy) is 1. The summed E-state index contributed by atoms with van der Waals surface area (Å²) in [7, 11) is 1.41. The highest BCUT2D eigenvalue weighted by Crippen LogP contribution is 2.29. The Hall–Kier alpha value is -1.36. The molecule has 2 nitrogen and oxygen atoms in total. The average Bonchev–Trinajstić information content (AvgIpc) is 2.28. The van der Waals surface area contributed by atoms with E-state index in [0.717, 1.165) is 12.1 Å². The molecule has 1 unspecified atom stereocenters. The quantitative estimate of drug-likeness (QED) is 0.774. The van der Waals surface area contributed by atoms with Gasteiger partial charge in [0, 0.05) is 12.7 Å². The SMILES string of the molecule is COC(C(=O)c1ccc(C(F)(F)F)cc1)C(C)C. The largest absolute Gasteiger partial charge is 0.416 e. The molecule has 0 fully saturated rings. The van der Waals surface area contributed by atoms with Crippen LogP contribution in [0.2, 0.25) is 0 Å². The van der Waals surface area contributed by atoms with Gasteiger partial charge >= 0.3 is 6.18 Å². The molecule has 1 rings (SSSR count). The van der Waals surface area contributed by atoms with E-state index < -0.39 is 17.8 Å².